The molecule has 0 unspecified atom stereocenters. The molecular formula is C14H11BrClN3. The summed E-state index contributed by atoms with van der Waals surface area (Å²) in [6, 6.07) is 11.4. The van der Waals surface area contributed by atoms with Crippen LogP contribution in [0, 0.1) is 0 Å². The third-order valence-electron chi connectivity index (χ3n) is 3.02. The number of rotatable bonds is 1. The lowest BCUT2D eigenvalue weighted by Gasteiger charge is -2.04. The van der Waals surface area contributed by atoms with Crippen LogP contribution in [0.1, 0.15) is 0 Å². The van der Waals surface area contributed by atoms with E-state index >= 15 is 0 Å². The van der Waals surface area contributed by atoms with Gasteiger partial charge in [-0.15, -0.1) is 0 Å². The normalized spacial score (nSPS) is 11.1. The van der Waals surface area contributed by atoms with E-state index < -0.39 is 0 Å². The lowest BCUT2D eigenvalue weighted by atomic mass is 10.2. The number of halogens is 2. The smallest absolute Gasteiger partial charge is 0.140 e. The minimum Gasteiger partial charge on any atom is -0.399 e. The van der Waals surface area contributed by atoms with Gasteiger partial charge >= 0.3 is 0 Å². The van der Waals surface area contributed by atoms with E-state index in [1.54, 1.807) is 0 Å². The second-order valence-electron chi connectivity index (χ2n) is 4.40. The zero-order valence-corrected chi connectivity index (χ0v) is 12.5. The molecule has 1 aromatic heterocycles. The van der Waals surface area contributed by atoms with E-state index in [1.165, 1.54) is 0 Å². The third-order valence-corrected chi connectivity index (χ3v) is 3.71. The Morgan fingerprint density at radius 3 is 2.74 bits per heavy atom. The van der Waals surface area contributed by atoms with Crippen LogP contribution in [0.25, 0.3) is 22.4 Å². The third kappa shape index (κ3) is 2.22. The van der Waals surface area contributed by atoms with E-state index in [4.69, 9.17) is 17.3 Å². The van der Waals surface area contributed by atoms with Crippen LogP contribution in [-0.2, 0) is 7.05 Å². The number of aromatic nitrogens is 2. The Balaban J connectivity index is 2.27. The fraction of sp³-hybridized carbons (Fsp3) is 0.0714. The van der Waals surface area contributed by atoms with Gasteiger partial charge in [0.15, 0.2) is 0 Å². The van der Waals surface area contributed by atoms with Crippen molar-refractivity contribution < 1.29 is 0 Å². The molecule has 2 aromatic carbocycles. The first-order chi connectivity index (χ1) is 9.04. The van der Waals surface area contributed by atoms with E-state index in [1.807, 2.05) is 48.0 Å². The summed E-state index contributed by atoms with van der Waals surface area (Å²) in [7, 11) is 1.97. The molecule has 3 aromatic rings. The van der Waals surface area contributed by atoms with Gasteiger partial charge in [-0.1, -0.05) is 27.5 Å². The van der Waals surface area contributed by atoms with E-state index in [9.17, 15) is 0 Å². The Kier molecular flexibility index (Phi) is 2.99. The molecule has 0 saturated heterocycles. The van der Waals surface area contributed by atoms with Crippen LogP contribution in [-0.4, -0.2) is 9.55 Å². The van der Waals surface area contributed by atoms with Gasteiger partial charge in [-0.05, 0) is 36.4 Å². The van der Waals surface area contributed by atoms with Gasteiger partial charge in [0.25, 0.3) is 0 Å². The van der Waals surface area contributed by atoms with Gasteiger partial charge < -0.3 is 10.3 Å². The van der Waals surface area contributed by atoms with E-state index in [0.29, 0.717) is 10.7 Å². The Bertz CT molecular complexity index is 759. The predicted molar refractivity (Wildman–Crippen MR) is 83.3 cm³/mol. The number of anilines is 1. The molecule has 3 nitrogen and oxygen atoms in total. The summed E-state index contributed by atoms with van der Waals surface area (Å²) in [5.74, 6) is 0.866. The number of hydrogen-bond acceptors (Lipinski definition) is 2. The minimum absolute atomic E-state index is 0.703. The Hall–Kier alpha value is -1.52. The quantitative estimate of drug-likeness (QED) is 0.676. The maximum absolute atomic E-state index is 6.03. The number of nitrogen functional groups attached to an aromatic ring is 1. The van der Waals surface area contributed by atoms with Crippen molar-refractivity contribution in [2.24, 2.45) is 7.05 Å². The lowest BCUT2D eigenvalue weighted by Crippen LogP contribution is -1.94. The van der Waals surface area contributed by atoms with Crippen LogP contribution < -0.4 is 5.73 Å². The van der Waals surface area contributed by atoms with Gasteiger partial charge in [0.2, 0.25) is 0 Å². The fourth-order valence-electron chi connectivity index (χ4n) is 2.16. The van der Waals surface area contributed by atoms with Crippen LogP contribution >= 0.6 is 27.5 Å². The standard InChI is InChI=1S/C14H11BrClN3/c1-19-13-7-10(16)2-3-12(13)18-14(19)8-4-9(15)6-11(17)5-8/h2-7H,17H2,1H3. The SMILES string of the molecule is Cn1c(-c2cc(N)cc(Br)c2)nc2ccc(Cl)cc21. The van der Waals surface area contributed by atoms with Gasteiger partial charge in [-0.25, -0.2) is 4.98 Å². The van der Waals surface area contributed by atoms with Gasteiger partial charge in [-0.3, -0.25) is 0 Å². The Labute approximate surface area is 124 Å². The second-order valence-corrected chi connectivity index (χ2v) is 5.75. The molecule has 96 valence electrons. The monoisotopic (exact) mass is 335 g/mol. The van der Waals surface area contributed by atoms with Crippen molar-refractivity contribution in [3.63, 3.8) is 0 Å². The molecule has 3 rings (SSSR count). The average molecular weight is 337 g/mol. The van der Waals surface area contributed by atoms with Crippen LogP contribution in [0.2, 0.25) is 5.02 Å². The summed E-state index contributed by atoms with van der Waals surface area (Å²) in [5.41, 5.74) is 9.47. The molecule has 0 spiro atoms. The largest absolute Gasteiger partial charge is 0.399 e. The number of nitrogens with zero attached hydrogens (tertiary/aromatic N) is 2. The van der Waals surface area contributed by atoms with Crippen molar-refractivity contribution >= 4 is 44.3 Å². The summed E-state index contributed by atoms with van der Waals surface area (Å²) < 4.78 is 2.95. The summed E-state index contributed by atoms with van der Waals surface area (Å²) in [6.45, 7) is 0. The molecule has 1 heterocycles. The highest BCUT2D eigenvalue weighted by Gasteiger charge is 2.11. The zero-order valence-electron chi connectivity index (χ0n) is 10.2. The maximum Gasteiger partial charge on any atom is 0.140 e. The zero-order chi connectivity index (χ0) is 13.6. The van der Waals surface area contributed by atoms with Gasteiger partial charge in [0.05, 0.1) is 11.0 Å². The van der Waals surface area contributed by atoms with Crippen molar-refractivity contribution in [2.45, 2.75) is 0 Å². The number of benzene rings is 2. The van der Waals surface area contributed by atoms with Crippen LogP contribution in [0.4, 0.5) is 5.69 Å². The minimum atomic E-state index is 0.703. The molecule has 0 fully saturated rings. The number of aryl methyl sites for hydroxylation is 1. The summed E-state index contributed by atoms with van der Waals surface area (Å²) in [6.07, 6.45) is 0. The number of imidazole rings is 1. The summed E-state index contributed by atoms with van der Waals surface area (Å²) >= 11 is 9.48. The fourth-order valence-corrected chi connectivity index (χ4v) is 2.84. The molecular weight excluding hydrogens is 326 g/mol. The van der Waals surface area contributed by atoms with Gasteiger partial charge in [0.1, 0.15) is 5.82 Å². The number of nitrogens with two attached hydrogens (primary N) is 1. The first-order valence-corrected chi connectivity index (χ1v) is 6.90. The number of hydrogen-bond donors (Lipinski definition) is 1. The molecule has 0 bridgehead atoms. The molecule has 0 aliphatic heterocycles. The van der Waals surface area contributed by atoms with Crippen molar-refractivity contribution in [1.82, 2.24) is 9.55 Å². The highest BCUT2D eigenvalue weighted by atomic mass is 79.9. The summed E-state index contributed by atoms with van der Waals surface area (Å²) in [5, 5.41) is 0.704. The predicted octanol–water partition coefficient (Wildman–Crippen LogP) is 4.24. The van der Waals surface area contributed by atoms with Gasteiger partial charge in [0, 0.05) is 27.8 Å². The van der Waals surface area contributed by atoms with E-state index in [-0.39, 0.29) is 0 Å². The highest BCUT2D eigenvalue weighted by molar-refractivity contribution is 9.10. The van der Waals surface area contributed by atoms with Crippen molar-refractivity contribution in [3.8, 4) is 11.4 Å². The van der Waals surface area contributed by atoms with E-state index in [2.05, 4.69) is 20.9 Å². The molecule has 0 atom stereocenters. The Morgan fingerprint density at radius 1 is 1.21 bits per heavy atom. The first kappa shape index (κ1) is 12.5. The van der Waals surface area contributed by atoms with Crippen molar-refractivity contribution in [3.05, 3.63) is 45.9 Å². The van der Waals surface area contributed by atoms with Crippen LogP contribution in [0.3, 0.4) is 0 Å². The summed E-state index contributed by atoms with van der Waals surface area (Å²) in [4.78, 5) is 4.63. The number of fused-ring (bicyclic) bond motifs is 1. The van der Waals surface area contributed by atoms with Crippen molar-refractivity contribution in [1.29, 1.82) is 0 Å². The lowest BCUT2D eigenvalue weighted by molar-refractivity contribution is 0.959. The molecule has 2 N–H and O–H groups in total. The van der Waals surface area contributed by atoms with Crippen molar-refractivity contribution in [2.75, 3.05) is 5.73 Å². The molecule has 0 aliphatic carbocycles. The molecule has 0 radical (unpaired) electrons. The Morgan fingerprint density at radius 2 is 2.00 bits per heavy atom. The molecule has 0 amide bonds. The van der Waals surface area contributed by atoms with Gasteiger partial charge in [-0.2, -0.15) is 0 Å². The first-order valence-electron chi connectivity index (χ1n) is 5.73. The van der Waals surface area contributed by atoms with Crippen LogP contribution in [0.5, 0.6) is 0 Å². The van der Waals surface area contributed by atoms with E-state index in [0.717, 1.165) is 26.9 Å². The topological polar surface area (TPSA) is 43.8 Å². The molecule has 0 saturated carbocycles. The molecule has 19 heavy (non-hydrogen) atoms. The molecule has 5 heteroatoms. The second kappa shape index (κ2) is 4.54. The highest BCUT2D eigenvalue weighted by Crippen LogP contribution is 2.29. The van der Waals surface area contributed by atoms with Crippen LogP contribution in [0.15, 0.2) is 40.9 Å². The average Bonchev–Trinajstić information content (AvgIpc) is 2.66. The molecule has 0 aliphatic rings. The maximum atomic E-state index is 6.03.